The van der Waals surface area contributed by atoms with Crippen molar-refractivity contribution < 1.29 is 0 Å². The largest absolute Gasteiger partial charge is 0.234 e. The van der Waals surface area contributed by atoms with Crippen LogP contribution in [0.4, 0.5) is 0 Å². The van der Waals surface area contributed by atoms with Crippen LogP contribution in [0.5, 0.6) is 0 Å². The van der Waals surface area contributed by atoms with Crippen molar-refractivity contribution in [1.82, 2.24) is 9.36 Å². The Morgan fingerprint density at radius 2 is 2.33 bits per heavy atom. The summed E-state index contributed by atoms with van der Waals surface area (Å²) in [7, 11) is 0. The van der Waals surface area contributed by atoms with Crippen molar-refractivity contribution in [3.8, 4) is 0 Å². The number of rotatable bonds is 1. The zero-order chi connectivity index (χ0) is 8.55. The van der Waals surface area contributed by atoms with Crippen LogP contribution in [0.1, 0.15) is 37.1 Å². The molecule has 1 aliphatic carbocycles. The third kappa shape index (κ3) is 1.48. The monoisotopic (exact) mass is 202 g/mol. The zero-order valence-electron chi connectivity index (χ0n) is 6.96. The first-order chi connectivity index (χ1) is 5.77. The standard InChI is InChI=1S/C8H11ClN2S/c1-5-3-2-4-6(5)7-10-8(9)11-12-7/h5-6H,2-4H2,1H3. The highest BCUT2D eigenvalue weighted by Gasteiger charge is 2.27. The summed E-state index contributed by atoms with van der Waals surface area (Å²) in [4.78, 5) is 4.22. The van der Waals surface area contributed by atoms with Gasteiger partial charge in [0.15, 0.2) is 0 Å². The Hall–Kier alpha value is -0.150. The van der Waals surface area contributed by atoms with E-state index in [4.69, 9.17) is 11.6 Å². The van der Waals surface area contributed by atoms with Crippen LogP contribution >= 0.6 is 23.1 Å². The molecule has 1 saturated carbocycles. The van der Waals surface area contributed by atoms with E-state index < -0.39 is 0 Å². The molecule has 2 nitrogen and oxygen atoms in total. The molecule has 1 aromatic heterocycles. The maximum atomic E-state index is 5.67. The fourth-order valence-electron chi connectivity index (χ4n) is 1.88. The molecular formula is C8H11ClN2S. The molecule has 0 amide bonds. The van der Waals surface area contributed by atoms with E-state index in [0.717, 1.165) is 10.9 Å². The molecule has 2 atom stereocenters. The van der Waals surface area contributed by atoms with E-state index in [1.54, 1.807) is 0 Å². The third-order valence-electron chi connectivity index (χ3n) is 2.60. The molecule has 4 heteroatoms. The minimum absolute atomic E-state index is 0.411. The first-order valence-electron chi connectivity index (χ1n) is 4.26. The van der Waals surface area contributed by atoms with E-state index in [1.807, 2.05) is 0 Å². The van der Waals surface area contributed by atoms with E-state index >= 15 is 0 Å². The van der Waals surface area contributed by atoms with Crippen LogP contribution in [0.2, 0.25) is 5.28 Å². The summed E-state index contributed by atoms with van der Waals surface area (Å²) in [5.41, 5.74) is 0. The van der Waals surface area contributed by atoms with Crippen molar-refractivity contribution in [2.45, 2.75) is 32.1 Å². The van der Waals surface area contributed by atoms with Crippen molar-refractivity contribution in [3.05, 3.63) is 10.3 Å². The molecule has 0 spiro atoms. The van der Waals surface area contributed by atoms with Crippen LogP contribution < -0.4 is 0 Å². The minimum Gasteiger partial charge on any atom is -0.209 e. The normalized spacial score (nSPS) is 29.5. The summed E-state index contributed by atoms with van der Waals surface area (Å²) < 4.78 is 3.99. The summed E-state index contributed by atoms with van der Waals surface area (Å²) in [5, 5.41) is 1.54. The Morgan fingerprint density at radius 3 is 2.83 bits per heavy atom. The van der Waals surface area contributed by atoms with Crippen molar-refractivity contribution >= 4 is 23.1 Å². The molecule has 0 bridgehead atoms. The van der Waals surface area contributed by atoms with Crippen molar-refractivity contribution in [2.75, 3.05) is 0 Å². The lowest BCUT2D eigenvalue weighted by atomic mass is 9.99. The van der Waals surface area contributed by atoms with Gasteiger partial charge in [0.25, 0.3) is 0 Å². The Balaban J connectivity index is 2.19. The van der Waals surface area contributed by atoms with E-state index in [1.165, 1.54) is 30.8 Å². The van der Waals surface area contributed by atoms with Gasteiger partial charge in [-0.1, -0.05) is 19.8 Å². The van der Waals surface area contributed by atoms with Gasteiger partial charge in [0, 0.05) is 5.92 Å². The molecule has 1 aliphatic rings. The van der Waals surface area contributed by atoms with Crippen LogP contribution in [0.25, 0.3) is 0 Å². The predicted molar refractivity (Wildman–Crippen MR) is 50.7 cm³/mol. The van der Waals surface area contributed by atoms with Gasteiger partial charge in [0.2, 0.25) is 5.28 Å². The van der Waals surface area contributed by atoms with Crippen molar-refractivity contribution in [1.29, 1.82) is 0 Å². The smallest absolute Gasteiger partial charge is 0.209 e. The maximum absolute atomic E-state index is 5.67. The molecule has 1 fully saturated rings. The van der Waals surface area contributed by atoms with Crippen LogP contribution in [0.15, 0.2) is 0 Å². The Bertz CT molecular complexity index is 274. The molecule has 0 aliphatic heterocycles. The van der Waals surface area contributed by atoms with Crippen LogP contribution in [0, 0.1) is 5.92 Å². The number of hydrogen-bond acceptors (Lipinski definition) is 3. The first-order valence-corrected chi connectivity index (χ1v) is 5.41. The zero-order valence-corrected chi connectivity index (χ0v) is 8.53. The molecule has 0 saturated heterocycles. The fourth-order valence-corrected chi connectivity index (χ4v) is 2.95. The van der Waals surface area contributed by atoms with Gasteiger partial charge in [0.1, 0.15) is 5.01 Å². The SMILES string of the molecule is CC1CCCC1c1nc(Cl)ns1. The Morgan fingerprint density at radius 1 is 1.50 bits per heavy atom. The second-order valence-corrected chi connectivity index (χ2v) is 4.54. The lowest BCUT2D eigenvalue weighted by molar-refractivity contribution is 0.531. The van der Waals surface area contributed by atoms with Gasteiger partial charge >= 0.3 is 0 Å². The lowest BCUT2D eigenvalue weighted by Gasteiger charge is -2.09. The van der Waals surface area contributed by atoms with Crippen LogP contribution in [-0.2, 0) is 0 Å². The van der Waals surface area contributed by atoms with Gasteiger partial charge < -0.3 is 0 Å². The summed E-state index contributed by atoms with van der Waals surface area (Å²) >= 11 is 7.13. The summed E-state index contributed by atoms with van der Waals surface area (Å²) in [6.45, 7) is 2.28. The molecule has 1 heterocycles. The number of aromatic nitrogens is 2. The van der Waals surface area contributed by atoms with E-state index in [2.05, 4.69) is 16.3 Å². The topological polar surface area (TPSA) is 25.8 Å². The first kappa shape index (κ1) is 8.45. The maximum Gasteiger partial charge on any atom is 0.234 e. The van der Waals surface area contributed by atoms with Crippen LogP contribution in [0.3, 0.4) is 0 Å². The average molecular weight is 203 g/mol. The second kappa shape index (κ2) is 3.30. The third-order valence-corrected chi connectivity index (χ3v) is 3.71. The van der Waals surface area contributed by atoms with Gasteiger partial charge in [-0.15, -0.1) is 0 Å². The number of hydrogen-bond donors (Lipinski definition) is 0. The van der Waals surface area contributed by atoms with Crippen LogP contribution in [-0.4, -0.2) is 9.36 Å². The number of halogens is 1. The Labute approximate surface area is 81.1 Å². The average Bonchev–Trinajstić information content (AvgIpc) is 2.58. The second-order valence-electron chi connectivity index (χ2n) is 3.42. The van der Waals surface area contributed by atoms with Gasteiger partial charge in [-0.25, -0.2) is 4.98 Å². The highest BCUT2D eigenvalue weighted by atomic mass is 35.5. The molecule has 1 aromatic rings. The fraction of sp³-hybridized carbons (Fsp3) is 0.750. The summed E-state index contributed by atoms with van der Waals surface area (Å²) in [6.07, 6.45) is 3.90. The molecule has 66 valence electrons. The molecule has 2 rings (SSSR count). The number of nitrogens with zero attached hydrogens (tertiary/aromatic N) is 2. The lowest BCUT2D eigenvalue weighted by Crippen LogP contribution is -2.00. The molecular weight excluding hydrogens is 192 g/mol. The van der Waals surface area contributed by atoms with E-state index in [-0.39, 0.29) is 0 Å². The van der Waals surface area contributed by atoms with E-state index in [0.29, 0.717) is 11.2 Å². The van der Waals surface area contributed by atoms with Crippen molar-refractivity contribution in [3.63, 3.8) is 0 Å². The van der Waals surface area contributed by atoms with Crippen molar-refractivity contribution in [2.24, 2.45) is 5.92 Å². The summed E-state index contributed by atoms with van der Waals surface area (Å²) in [5.74, 6) is 1.38. The summed E-state index contributed by atoms with van der Waals surface area (Å²) in [6, 6.07) is 0. The Kier molecular flexibility index (Phi) is 2.33. The van der Waals surface area contributed by atoms with Gasteiger partial charge in [-0.05, 0) is 35.5 Å². The highest BCUT2D eigenvalue weighted by molar-refractivity contribution is 7.05. The highest BCUT2D eigenvalue weighted by Crippen LogP contribution is 2.39. The van der Waals surface area contributed by atoms with Gasteiger partial charge in [0.05, 0.1) is 0 Å². The minimum atomic E-state index is 0.411. The molecule has 0 radical (unpaired) electrons. The van der Waals surface area contributed by atoms with E-state index in [9.17, 15) is 0 Å². The van der Waals surface area contributed by atoms with Gasteiger partial charge in [-0.3, -0.25) is 0 Å². The molecule has 12 heavy (non-hydrogen) atoms. The molecule has 2 unspecified atom stereocenters. The molecule has 0 aromatic carbocycles. The predicted octanol–water partition coefficient (Wildman–Crippen LogP) is 3.10. The molecule has 0 N–H and O–H groups in total. The van der Waals surface area contributed by atoms with Gasteiger partial charge in [-0.2, -0.15) is 4.37 Å². The quantitative estimate of drug-likeness (QED) is 0.700.